The second-order valence-corrected chi connectivity index (χ2v) is 9.35. The third kappa shape index (κ3) is 4.38. The quantitative estimate of drug-likeness (QED) is 0.377. The summed E-state index contributed by atoms with van der Waals surface area (Å²) < 4.78 is 6.19. The number of piperidine rings is 1. The molecule has 1 saturated heterocycles. The van der Waals surface area contributed by atoms with Crippen LogP contribution < -0.4 is 4.74 Å². The Morgan fingerprint density at radius 1 is 1.06 bits per heavy atom. The van der Waals surface area contributed by atoms with E-state index >= 15 is 0 Å². The lowest BCUT2D eigenvalue weighted by Crippen LogP contribution is -2.45. The predicted molar refractivity (Wildman–Crippen MR) is 132 cm³/mol. The van der Waals surface area contributed by atoms with Gasteiger partial charge in [-0.2, -0.15) is 0 Å². The summed E-state index contributed by atoms with van der Waals surface area (Å²) in [5.41, 5.74) is 4.60. The van der Waals surface area contributed by atoms with Gasteiger partial charge in [0.2, 0.25) is 0 Å². The molecule has 5 rings (SSSR count). The molecule has 2 aromatic heterocycles. The summed E-state index contributed by atoms with van der Waals surface area (Å²) in [6.07, 6.45) is 7.21. The Morgan fingerprint density at radius 3 is 2.81 bits per heavy atom. The fourth-order valence-corrected chi connectivity index (χ4v) is 5.17. The number of H-pyrrole nitrogens is 1. The van der Waals surface area contributed by atoms with Crippen LogP contribution in [0.5, 0.6) is 5.88 Å². The Morgan fingerprint density at radius 2 is 1.97 bits per heavy atom. The van der Waals surface area contributed by atoms with Crippen molar-refractivity contribution in [2.45, 2.75) is 24.7 Å². The molecule has 1 fully saturated rings. The number of aromatic nitrogens is 2. The topological polar surface area (TPSA) is 41.1 Å². The van der Waals surface area contributed by atoms with Gasteiger partial charge in [-0.05, 0) is 68.2 Å². The van der Waals surface area contributed by atoms with Crippen molar-refractivity contribution in [1.29, 1.82) is 0 Å². The fraction of sp³-hybridized carbons (Fsp3) is 0.296. The molecule has 0 aliphatic carbocycles. The summed E-state index contributed by atoms with van der Waals surface area (Å²) in [5, 5.41) is 1.92. The van der Waals surface area contributed by atoms with Crippen LogP contribution in [0.2, 0.25) is 5.02 Å². The number of hydrogen-bond acceptors (Lipinski definition) is 3. The number of benzene rings is 2. The van der Waals surface area contributed by atoms with Gasteiger partial charge >= 0.3 is 0 Å². The van der Waals surface area contributed by atoms with E-state index in [1.807, 2.05) is 42.7 Å². The largest absolute Gasteiger partial charge is 0.479 e. The van der Waals surface area contributed by atoms with Gasteiger partial charge in [0, 0.05) is 51.9 Å². The number of para-hydroxylation sites is 1. The summed E-state index contributed by atoms with van der Waals surface area (Å²) in [6.45, 7) is 2.79. The van der Waals surface area contributed by atoms with E-state index < -0.39 is 0 Å². The minimum atomic E-state index is 0.0145. The molecule has 4 nitrogen and oxygen atoms in total. The first-order valence-corrected chi connectivity index (χ1v) is 11.6. The first-order valence-electron chi connectivity index (χ1n) is 11.2. The van der Waals surface area contributed by atoms with E-state index in [2.05, 4.69) is 52.2 Å². The third-order valence-electron chi connectivity index (χ3n) is 6.62. The van der Waals surface area contributed by atoms with Crippen molar-refractivity contribution in [1.82, 2.24) is 14.9 Å². The molecule has 0 bridgehead atoms. The maximum Gasteiger partial charge on any atom is 0.191 e. The lowest BCUT2D eigenvalue weighted by Gasteiger charge is -2.42. The maximum atomic E-state index is 6.24. The van der Waals surface area contributed by atoms with Crippen LogP contribution in [-0.2, 0) is 5.41 Å². The fourth-order valence-electron chi connectivity index (χ4n) is 4.98. The maximum absolute atomic E-state index is 6.24. The summed E-state index contributed by atoms with van der Waals surface area (Å²) in [5.74, 6) is 0.830. The minimum Gasteiger partial charge on any atom is -0.479 e. The predicted octanol–water partition coefficient (Wildman–Crippen LogP) is 6.32. The Labute approximate surface area is 194 Å². The Hall–Kier alpha value is -2.82. The molecular weight excluding hydrogens is 418 g/mol. The van der Waals surface area contributed by atoms with Crippen LogP contribution >= 0.6 is 11.6 Å². The molecule has 0 saturated carbocycles. The molecule has 1 aliphatic rings. The highest BCUT2D eigenvalue weighted by atomic mass is 35.5. The van der Waals surface area contributed by atoms with Gasteiger partial charge in [-0.25, -0.2) is 0 Å². The molecule has 164 valence electrons. The molecule has 1 atom stereocenters. The minimum absolute atomic E-state index is 0.0145. The number of ether oxygens (including phenoxy) is 1. The summed E-state index contributed by atoms with van der Waals surface area (Å²) >= 11 is 6.24. The highest BCUT2D eigenvalue weighted by molar-refractivity contribution is 6.30. The van der Waals surface area contributed by atoms with E-state index in [4.69, 9.17) is 16.3 Å². The molecule has 32 heavy (non-hydrogen) atoms. The van der Waals surface area contributed by atoms with Crippen LogP contribution in [0.3, 0.4) is 0 Å². The number of nitrogens with zero attached hydrogens (tertiary/aromatic N) is 2. The number of fused-ring (bicyclic) bond motifs is 1. The Kier molecular flexibility index (Phi) is 5.90. The number of hydrogen-bond donors (Lipinski definition) is 1. The van der Waals surface area contributed by atoms with E-state index in [1.54, 1.807) is 0 Å². The molecule has 1 aliphatic heterocycles. The zero-order valence-corrected chi connectivity index (χ0v) is 19.1. The molecule has 0 spiro atoms. The van der Waals surface area contributed by atoms with Crippen LogP contribution in [0, 0.1) is 0 Å². The van der Waals surface area contributed by atoms with Crippen molar-refractivity contribution in [2.75, 3.05) is 26.7 Å². The highest BCUT2D eigenvalue weighted by Crippen LogP contribution is 2.38. The SMILES string of the molecule is CN1CCCC(CCOc2cc3ccccc3[nH]2)(c2cncc(-c3cccc(Cl)c3)c2)C1. The highest BCUT2D eigenvalue weighted by Gasteiger charge is 2.36. The molecule has 1 N–H and O–H groups in total. The van der Waals surface area contributed by atoms with Crippen LogP contribution in [0.15, 0.2) is 73.1 Å². The zero-order chi connectivity index (χ0) is 22.0. The van der Waals surface area contributed by atoms with Crippen molar-refractivity contribution >= 4 is 22.5 Å². The van der Waals surface area contributed by atoms with Crippen LogP contribution in [0.1, 0.15) is 24.8 Å². The third-order valence-corrected chi connectivity index (χ3v) is 6.85. The standard InChI is InChI=1S/C27H28ClN3O/c1-31-12-5-10-27(19-31,11-13-32-26-16-21-6-2-3-9-25(21)30-26)23-14-22(17-29-18-23)20-7-4-8-24(28)15-20/h2-4,6-9,14-18,30H,5,10-13,19H2,1H3. The van der Waals surface area contributed by atoms with Crippen molar-refractivity contribution in [3.63, 3.8) is 0 Å². The van der Waals surface area contributed by atoms with E-state index in [9.17, 15) is 0 Å². The second-order valence-electron chi connectivity index (χ2n) is 8.91. The summed E-state index contributed by atoms with van der Waals surface area (Å²) in [7, 11) is 2.21. The van der Waals surface area contributed by atoms with Crippen LogP contribution in [0.25, 0.3) is 22.0 Å². The molecule has 0 radical (unpaired) electrons. The Bertz CT molecular complexity index is 1190. The Balaban J connectivity index is 1.40. The van der Waals surface area contributed by atoms with Crippen molar-refractivity contribution in [3.05, 3.63) is 83.6 Å². The average molecular weight is 446 g/mol. The van der Waals surface area contributed by atoms with E-state index in [0.29, 0.717) is 6.61 Å². The smallest absolute Gasteiger partial charge is 0.191 e. The second kappa shape index (κ2) is 8.97. The number of pyridine rings is 1. The van der Waals surface area contributed by atoms with E-state index in [-0.39, 0.29) is 5.41 Å². The molecule has 1 unspecified atom stereocenters. The van der Waals surface area contributed by atoms with Gasteiger partial charge in [0.15, 0.2) is 5.88 Å². The molecule has 5 heteroatoms. The summed E-state index contributed by atoms with van der Waals surface area (Å²) in [6, 6.07) is 20.6. The van der Waals surface area contributed by atoms with Crippen molar-refractivity contribution in [2.24, 2.45) is 0 Å². The van der Waals surface area contributed by atoms with Gasteiger partial charge in [-0.15, -0.1) is 0 Å². The lowest BCUT2D eigenvalue weighted by molar-refractivity contribution is 0.143. The molecule has 2 aromatic carbocycles. The number of nitrogens with one attached hydrogen (secondary N) is 1. The molecule has 3 heterocycles. The average Bonchev–Trinajstić information content (AvgIpc) is 3.22. The van der Waals surface area contributed by atoms with E-state index in [0.717, 1.165) is 53.5 Å². The first kappa shape index (κ1) is 21.0. The first-order chi connectivity index (χ1) is 15.6. The number of rotatable bonds is 6. The monoisotopic (exact) mass is 445 g/mol. The van der Waals surface area contributed by atoms with Gasteiger partial charge < -0.3 is 14.6 Å². The zero-order valence-electron chi connectivity index (χ0n) is 18.4. The summed E-state index contributed by atoms with van der Waals surface area (Å²) in [4.78, 5) is 10.4. The molecular formula is C27H28ClN3O. The normalized spacial score (nSPS) is 19.3. The van der Waals surface area contributed by atoms with Crippen LogP contribution in [0.4, 0.5) is 0 Å². The number of likely N-dealkylation sites (tertiary alicyclic amines) is 1. The molecule has 4 aromatic rings. The molecule has 0 amide bonds. The number of likely N-dealkylation sites (N-methyl/N-ethyl adjacent to an activating group) is 1. The number of halogens is 1. The van der Waals surface area contributed by atoms with Gasteiger partial charge in [-0.3, -0.25) is 4.98 Å². The van der Waals surface area contributed by atoms with Crippen molar-refractivity contribution in [3.8, 4) is 17.0 Å². The van der Waals surface area contributed by atoms with Gasteiger partial charge in [0.25, 0.3) is 0 Å². The van der Waals surface area contributed by atoms with Crippen LogP contribution in [-0.4, -0.2) is 41.6 Å². The van der Waals surface area contributed by atoms with Gasteiger partial charge in [-0.1, -0.05) is 41.9 Å². The van der Waals surface area contributed by atoms with Crippen molar-refractivity contribution < 1.29 is 4.74 Å². The van der Waals surface area contributed by atoms with E-state index in [1.165, 1.54) is 17.4 Å². The van der Waals surface area contributed by atoms with Gasteiger partial charge in [0.05, 0.1) is 6.61 Å². The van der Waals surface area contributed by atoms with Gasteiger partial charge in [0.1, 0.15) is 0 Å². The lowest BCUT2D eigenvalue weighted by atomic mass is 9.72. The number of aromatic amines is 1.